The van der Waals surface area contributed by atoms with Crippen LogP contribution in [0.15, 0.2) is 12.7 Å². The van der Waals surface area contributed by atoms with Gasteiger partial charge >= 0.3 is 6.03 Å². The first kappa shape index (κ1) is 14.2. The number of carbonyl (C=O) groups excluding carboxylic acids is 1. The number of rotatable bonds is 4. The van der Waals surface area contributed by atoms with Crippen LogP contribution in [0.1, 0.15) is 0 Å². The Kier molecular flexibility index (Phi) is 7.06. The second-order valence-electron chi connectivity index (χ2n) is 2.31. The van der Waals surface area contributed by atoms with E-state index in [0.29, 0.717) is 0 Å². The molecule has 0 unspecified atom stereocenters. The van der Waals surface area contributed by atoms with Crippen LogP contribution < -0.4 is 0 Å². The molecule has 7 heteroatoms. The van der Waals surface area contributed by atoms with Gasteiger partial charge in [-0.2, -0.15) is 0 Å². The van der Waals surface area contributed by atoms with Crippen molar-refractivity contribution in [3.63, 3.8) is 0 Å². The molecule has 5 nitrogen and oxygen atoms in total. The summed E-state index contributed by atoms with van der Waals surface area (Å²) in [5.74, 6) is 0. The zero-order valence-corrected chi connectivity index (χ0v) is 10.7. The summed E-state index contributed by atoms with van der Waals surface area (Å²) in [6.45, 7) is 3.79. The smallest absolute Gasteiger partial charge is 0.348 e. The molecule has 0 heterocycles. The third-order valence-electron chi connectivity index (χ3n) is 1.47. The van der Waals surface area contributed by atoms with E-state index < -0.39 is 0 Å². The number of ether oxygens (including phenoxy) is 1. The van der Waals surface area contributed by atoms with Gasteiger partial charge in [-0.1, -0.05) is 6.08 Å². The molecule has 2 amide bonds. The summed E-state index contributed by atoms with van der Waals surface area (Å²) < 4.78 is 6.18. The maximum Gasteiger partial charge on any atom is 0.348 e. The van der Waals surface area contributed by atoms with E-state index in [2.05, 4.69) is 6.58 Å². The highest BCUT2D eigenvalue weighted by Crippen LogP contribution is 2.19. The lowest BCUT2D eigenvalue weighted by molar-refractivity contribution is 0.208. The van der Waals surface area contributed by atoms with Crippen LogP contribution in [0.4, 0.5) is 4.79 Å². The number of hydrogen-bond acceptors (Lipinski definition) is 5. The number of methoxy groups -OCH3 is 1. The van der Waals surface area contributed by atoms with E-state index in [-0.39, 0.29) is 18.6 Å². The Morgan fingerprint density at radius 1 is 1.53 bits per heavy atom. The van der Waals surface area contributed by atoms with Crippen molar-refractivity contribution in [3.8, 4) is 0 Å². The number of amides is 2. The highest BCUT2D eigenvalue weighted by Gasteiger charge is 2.23. The minimum absolute atomic E-state index is 0.187. The van der Waals surface area contributed by atoms with Gasteiger partial charge in [-0.05, 0) is 23.9 Å². The van der Waals surface area contributed by atoms with Gasteiger partial charge < -0.3 is 4.74 Å². The molecule has 0 spiro atoms. The number of amidine groups is 1. The third kappa shape index (κ3) is 4.05. The summed E-state index contributed by atoms with van der Waals surface area (Å²) in [5.41, 5.74) is 0. The van der Waals surface area contributed by atoms with Crippen LogP contribution in [0.3, 0.4) is 0 Å². The Bertz CT molecular complexity index is 244. The lowest BCUT2D eigenvalue weighted by Crippen LogP contribution is -2.41. The first-order chi connectivity index (χ1) is 7.12. The summed E-state index contributed by atoms with van der Waals surface area (Å²) in [7, 11) is 1.36. The maximum absolute atomic E-state index is 11.8. The summed E-state index contributed by atoms with van der Waals surface area (Å²) >= 11 is 2.56. The molecule has 0 saturated carbocycles. The fourth-order valence-corrected chi connectivity index (χ4v) is 1.92. The van der Waals surface area contributed by atoms with Crippen molar-refractivity contribution in [1.82, 2.24) is 8.61 Å². The van der Waals surface area contributed by atoms with Gasteiger partial charge in [0.1, 0.15) is 0 Å². The van der Waals surface area contributed by atoms with Crippen molar-refractivity contribution in [3.05, 3.63) is 12.7 Å². The second-order valence-corrected chi connectivity index (χ2v) is 4.01. The van der Waals surface area contributed by atoms with Gasteiger partial charge in [-0.25, -0.2) is 13.4 Å². The second kappa shape index (κ2) is 7.47. The molecule has 86 valence electrons. The zero-order valence-electron chi connectivity index (χ0n) is 9.02. The van der Waals surface area contributed by atoms with Crippen LogP contribution in [0.25, 0.3) is 0 Å². The third-order valence-corrected chi connectivity index (χ3v) is 3.34. The summed E-state index contributed by atoms with van der Waals surface area (Å²) in [4.78, 5) is 13.0. The Balaban J connectivity index is 4.67. The van der Waals surface area contributed by atoms with E-state index in [4.69, 9.17) is 10.1 Å². The number of nitrogens with zero attached hydrogens (tertiary/aromatic N) is 2. The van der Waals surface area contributed by atoms with E-state index in [0.717, 1.165) is 0 Å². The fourth-order valence-electron chi connectivity index (χ4n) is 0.816. The van der Waals surface area contributed by atoms with E-state index >= 15 is 0 Å². The Labute approximate surface area is 98.6 Å². The largest absolute Gasteiger partial charge is 0.468 e. The zero-order chi connectivity index (χ0) is 11.8. The molecule has 0 aliphatic heterocycles. The minimum atomic E-state index is -0.304. The Morgan fingerprint density at radius 3 is 2.40 bits per heavy atom. The van der Waals surface area contributed by atoms with Gasteiger partial charge in [0.05, 0.1) is 7.11 Å². The quantitative estimate of drug-likeness (QED) is 0.358. The molecule has 0 aliphatic rings. The molecule has 0 aromatic heterocycles. The Morgan fingerprint density at radius 2 is 2.07 bits per heavy atom. The summed E-state index contributed by atoms with van der Waals surface area (Å²) in [6, 6.07) is -0.491. The van der Waals surface area contributed by atoms with Crippen LogP contribution in [0, 0.1) is 5.41 Å². The van der Waals surface area contributed by atoms with E-state index in [1.54, 1.807) is 18.6 Å². The lowest BCUT2D eigenvalue weighted by atomic mass is 10.5. The normalized spacial score (nSPS) is 9.27. The predicted octanol–water partition coefficient (Wildman–Crippen LogP) is 2.03. The number of carbonyl (C=O) groups is 1. The van der Waals surface area contributed by atoms with Crippen molar-refractivity contribution >= 4 is 35.9 Å². The van der Waals surface area contributed by atoms with Gasteiger partial charge in [-0.15, -0.1) is 6.58 Å². The molecule has 1 N–H and O–H groups in total. The van der Waals surface area contributed by atoms with Gasteiger partial charge in [0.2, 0.25) is 0 Å². The molecular weight excluding hydrogens is 234 g/mol. The molecule has 0 aromatic rings. The van der Waals surface area contributed by atoms with Crippen molar-refractivity contribution in [1.29, 1.82) is 5.41 Å². The molecule has 0 bridgehead atoms. The molecule has 0 saturated heterocycles. The average molecular weight is 249 g/mol. The van der Waals surface area contributed by atoms with Gasteiger partial charge in [0, 0.05) is 19.1 Å². The molecule has 0 aliphatic carbocycles. The summed E-state index contributed by atoms with van der Waals surface area (Å²) in [6.07, 6.45) is 5.12. The Hall–Kier alpha value is -0.820. The predicted molar refractivity (Wildman–Crippen MR) is 65.9 cm³/mol. The monoisotopic (exact) mass is 249 g/mol. The molecule has 0 rings (SSSR count). The first-order valence-electron chi connectivity index (χ1n) is 4.05. The maximum atomic E-state index is 11.8. The molecular formula is C8H15N3O2S2. The number of nitrogens with one attached hydrogen (secondary N) is 1. The highest BCUT2D eigenvalue weighted by molar-refractivity contribution is 8.12. The molecule has 0 aromatic carbocycles. The minimum Gasteiger partial charge on any atom is -0.468 e. The SMILES string of the molecule is C=CCN(C(=N)OC)C(=O)N(SC)SC. The van der Waals surface area contributed by atoms with Crippen LogP contribution >= 0.6 is 23.9 Å². The van der Waals surface area contributed by atoms with Crippen molar-refractivity contribution in [2.75, 3.05) is 26.2 Å². The van der Waals surface area contributed by atoms with Crippen molar-refractivity contribution < 1.29 is 9.53 Å². The molecule has 0 radical (unpaired) electrons. The molecule has 15 heavy (non-hydrogen) atoms. The van der Waals surface area contributed by atoms with Crippen molar-refractivity contribution in [2.45, 2.75) is 0 Å². The van der Waals surface area contributed by atoms with Gasteiger partial charge in [0.15, 0.2) is 0 Å². The van der Waals surface area contributed by atoms with E-state index in [1.807, 2.05) is 0 Å². The van der Waals surface area contributed by atoms with Crippen LogP contribution in [0.2, 0.25) is 0 Å². The first-order valence-corrected chi connectivity index (χ1v) is 6.41. The highest BCUT2D eigenvalue weighted by atomic mass is 32.2. The summed E-state index contributed by atoms with van der Waals surface area (Å²) in [5, 5.41) is 7.46. The van der Waals surface area contributed by atoms with Crippen LogP contribution in [-0.2, 0) is 4.74 Å². The lowest BCUT2D eigenvalue weighted by Gasteiger charge is -2.25. The number of hydrogen-bond donors (Lipinski definition) is 1. The van der Waals surface area contributed by atoms with E-state index in [1.165, 1.54) is 39.6 Å². The topological polar surface area (TPSA) is 56.6 Å². The standard InChI is InChI=1S/C8H15N3O2S2/c1-5-6-10(7(9)13-2)8(12)11(14-3)15-4/h5,9H,1,6H2,2-4H3. The van der Waals surface area contributed by atoms with Crippen LogP contribution in [0.5, 0.6) is 0 Å². The average Bonchev–Trinajstić information content (AvgIpc) is 2.26. The van der Waals surface area contributed by atoms with Gasteiger partial charge in [0.25, 0.3) is 6.02 Å². The number of urea groups is 1. The molecule has 0 fully saturated rings. The van der Waals surface area contributed by atoms with Crippen molar-refractivity contribution in [2.24, 2.45) is 0 Å². The fraction of sp³-hybridized carbons (Fsp3) is 0.500. The van der Waals surface area contributed by atoms with Gasteiger partial charge in [-0.3, -0.25) is 5.41 Å². The van der Waals surface area contributed by atoms with E-state index in [9.17, 15) is 4.79 Å². The van der Waals surface area contributed by atoms with Crippen LogP contribution in [-0.4, -0.2) is 46.8 Å². The molecule has 0 atom stereocenters.